The Balaban J connectivity index is 2.46. The summed E-state index contributed by atoms with van der Waals surface area (Å²) in [5.74, 6) is 4.93. The average Bonchev–Trinajstić information content (AvgIpc) is 2.09. The molecule has 0 aromatic heterocycles. The monoisotopic (exact) mass is 165 g/mol. The quantitative estimate of drug-likeness (QED) is 0.545. The predicted octanol–water partition coefficient (Wildman–Crippen LogP) is 1.82. The lowest BCUT2D eigenvalue weighted by atomic mass is 10.0. The van der Waals surface area contributed by atoms with E-state index in [1.54, 1.807) is 0 Å². The first-order valence-corrected chi connectivity index (χ1v) is 4.21. The van der Waals surface area contributed by atoms with Crippen LogP contribution in [0.5, 0.6) is 0 Å². The number of benzene rings is 1. The lowest BCUT2D eigenvalue weighted by molar-refractivity contribution is 0.135. The van der Waals surface area contributed by atoms with Gasteiger partial charge in [-0.15, -0.1) is 0 Å². The van der Waals surface area contributed by atoms with Crippen molar-refractivity contribution in [3.63, 3.8) is 0 Å². The summed E-state index contributed by atoms with van der Waals surface area (Å²) < 4.78 is 0. The Morgan fingerprint density at radius 2 is 2.08 bits per heavy atom. The number of hydrogen-bond acceptors (Lipinski definition) is 2. The summed E-state index contributed by atoms with van der Waals surface area (Å²) in [4.78, 5) is 4.50. The van der Waals surface area contributed by atoms with Gasteiger partial charge in [-0.1, -0.05) is 24.3 Å². The molecule has 2 nitrogen and oxygen atoms in total. The molecule has 1 aromatic rings. The lowest BCUT2D eigenvalue weighted by Gasteiger charge is -2.03. The summed E-state index contributed by atoms with van der Waals surface area (Å²) >= 11 is 0. The third kappa shape index (κ3) is 2.64. The highest BCUT2D eigenvalue weighted by molar-refractivity contribution is 5.25. The third-order valence-electron chi connectivity index (χ3n) is 1.97. The molecule has 0 atom stereocenters. The molecule has 0 unspecified atom stereocenters. The highest BCUT2D eigenvalue weighted by atomic mass is 16.6. The molecule has 0 bridgehead atoms. The van der Waals surface area contributed by atoms with E-state index in [9.17, 15) is 0 Å². The summed E-state index contributed by atoms with van der Waals surface area (Å²) in [6.07, 6.45) is 2.03. The smallest absolute Gasteiger partial charge is 0.0682 e. The SMILES string of the molecule is Cc1ccccc1CCCON. The van der Waals surface area contributed by atoms with Crippen LogP contribution in [0.3, 0.4) is 0 Å². The second-order valence-electron chi connectivity index (χ2n) is 2.90. The minimum absolute atomic E-state index is 0.633. The van der Waals surface area contributed by atoms with Gasteiger partial charge < -0.3 is 4.84 Å². The summed E-state index contributed by atoms with van der Waals surface area (Å²) in [5.41, 5.74) is 2.73. The molecule has 0 saturated carbocycles. The second kappa shape index (κ2) is 4.91. The van der Waals surface area contributed by atoms with E-state index < -0.39 is 0 Å². The summed E-state index contributed by atoms with van der Waals surface area (Å²) in [6, 6.07) is 8.38. The molecule has 0 spiro atoms. The van der Waals surface area contributed by atoms with Crippen LogP contribution in [-0.2, 0) is 11.3 Å². The Morgan fingerprint density at radius 3 is 2.75 bits per heavy atom. The maximum absolute atomic E-state index is 4.93. The van der Waals surface area contributed by atoms with Gasteiger partial charge >= 0.3 is 0 Å². The Kier molecular flexibility index (Phi) is 3.77. The molecular formula is C10H15NO. The fourth-order valence-corrected chi connectivity index (χ4v) is 1.24. The van der Waals surface area contributed by atoms with Crippen molar-refractivity contribution in [2.45, 2.75) is 19.8 Å². The molecule has 1 rings (SSSR count). The van der Waals surface area contributed by atoms with Crippen molar-refractivity contribution in [1.82, 2.24) is 0 Å². The molecular weight excluding hydrogens is 150 g/mol. The van der Waals surface area contributed by atoms with Crippen molar-refractivity contribution >= 4 is 0 Å². The van der Waals surface area contributed by atoms with E-state index in [1.807, 2.05) is 0 Å². The average molecular weight is 165 g/mol. The zero-order valence-electron chi connectivity index (χ0n) is 7.42. The Labute approximate surface area is 73.3 Å². The summed E-state index contributed by atoms with van der Waals surface area (Å²) in [6.45, 7) is 2.76. The van der Waals surface area contributed by atoms with Crippen LogP contribution in [-0.4, -0.2) is 6.61 Å². The molecule has 2 heteroatoms. The highest BCUT2D eigenvalue weighted by Gasteiger charge is 1.95. The van der Waals surface area contributed by atoms with E-state index in [-0.39, 0.29) is 0 Å². The van der Waals surface area contributed by atoms with Crippen LogP contribution in [0.1, 0.15) is 17.5 Å². The third-order valence-corrected chi connectivity index (χ3v) is 1.97. The standard InChI is InChI=1S/C10H15NO/c1-9-5-2-3-6-10(9)7-4-8-12-11/h2-3,5-6H,4,7-8,11H2,1H3. The van der Waals surface area contributed by atoms with Crippen LogP contribution in [0, 0.1) is 6.92 Å². The van der Waals surface area contributed by atoms with E-state index >= 15 is 0 Å². The Morgan fingerprint density at radius 1 is 1.33 bits per heavy atom. The molecule has 0 amide bonds. The number of aryl methyl sites for hydroxylation is 2. The summed E-state index contributed by atoms with van der Waals surface area (Å²) in [7, 11) is 0. The van der Waals surface area contributed by atoms with E-state index in [2.05, 4.69) is 36.0 Å². The molecule has 2 N–H and O–H groups in total. The second-order valence-corrected chi connectivity index (χ2v) is 2.90. The zero-order chi connectivity index (χ0) is 8.81. The van der Waals surface area contributed by atoms with Gasteiger partial charge in [-0.3, -0.25) is 0 Å². The minimum atomic E-state index is 0.633. The maximum Gasteiger partial charge on any atom is 0.0682 e. The zero-order valence-corrected chi connectivity index (χ0v) is 7.42. The normalized spacial score (nSPS) is 10.2. The van der Waals surface area contributed by atoms with Crippen LogP contribution < -0.4 is 5.90 Å². The summed E-state index contributed by atoms with van der Waals surface area (Å²) in [5, 5.41) is 0. The number of nitrogens with two attached hydrogens (primary N) is 1. The van der Waals surface area contributed by atoms with E-state index in [4.69, 9.17) is 5.90 Å². The molecule has 0 heterocycles. The van der Waals surface area contributed by atoms with Gasteiger partial charge in [0.25, 0.3) is 0 Å². The van der Waals surface area contributed by atoms with Gasteiger partial charge in [-0.05, 0) is 30.9 Å². The fourth-order valence-electron chi connectivity index (χ4n) is 1.24. The molecule has 0 aliphatic carbocycles. The Bertz CT molecular complexity index is 235. The first-order valence-electron chi connectivity index (χ1n) is 4.21. The molecule has 0 aliphatic rings. The van der Waals surface area contributed by atoms with Gasteiger partial charge in [0.1, 0.15) is 0 Å². The van der Waals surface area contributed by atoms with Crippen LogP contribution in [0.2, 0.25) is 0 Å². The van der Waals surface area contributed by atoms with Gasteiger partial charge in [-0.25, -0.2) is 5.90 Å². The largest absolute Gasteiger partial charge is 0.305 e. The van der Waals surface area contributed by atoms with E-state index in [0.29, 0.717) is 6.61 Å². The predicted molar refractivity (Wildman–Crippen MR) is 49.6 cm³/mol. The molecule has 0 fully saturated rings. The highest BCUT2D eigenvalue weighted by Crippen LogP contribution is 2.08. The molecule has 0 aliphatic heterocycles. The topological polar surface area (TPSA) is 35.2 Å². The van der Waals surface area contributed by atoms with Gasteiger partial charge in [0.2, 0.25) is 0 Å². The molecule has 0 saturated heterocycles. The number of rotatable bonds is 4. The van der Waals surface area contributed by atoms with E-state index in [1.165, 1.54) is 11.1 Å². The molecule has 66 valence electrons. The van der Waals surface area contributed by atoms with Crippen molar-refractivity contribution in [2.24, 2.45) is 5.90 Å². The fraction of sp³-hybridized carbons (Fsp3) is 0.400. The van der Waals surface area contributed by atoms with Crippen molar-refractivity contribution in [2.75, 3.05) is 6.61 Å². The van der Waals surface area contributed by atoms with Crippen molar-refractivity contribution in [1.29, 1.82) is 0 Å². The van der Waals surface area contributed by atoms with E-state index in [0.717, 1.165) is 12.8 Å². The van der Waals surface area contributed by atoms with Gasteiger partial charge in [-0.2, -0.15) is 0 Å². The first kappa shape index (κ1) is 9.23. The van der Waals surface area contributed by atoms with Crippen molar-refractivity contribution in [3.05, 3.63) is 35.4 Å². The van der Waals surface area contributed by atoms with Crippen molar-refractivity contribution < 1.29 is 4.84 Å². The maximum atomic E-state index is 4.93. The van der Waals surface area contributed by atoms with Gasteiger partial charge in [0, 0.05) is 0 Å². The molecule has 0 radical (unpaired) electrons. The minimum Gasteiger partial charge on any atom is -0.305 e. The molecule has 12 heavy (non-hydrogen) atoms. The van der Waals surface area contributed by atoms with Crippen LogP contribution in [0.4, 0.5) is 0 Å². The number of hydrogen-bond donors (Lipinski definition) is 1. The van der Waals surface area contributed by atoms with Gasteiger partial charge in [0.05, 0.1) is 6.61 Å². The van der Waals surface area contributed by atoms with Crippen molar-refractivity contribution in [3.8, 4) is 0 Å². The van der Waals surface area contributed by atoms with Crippen LogP contribution in [0.25, 0.3) is 0 Å². The lowest BCUT2D eigenvalue weighted by Crippen LogP contribution is -2.02. The molecule has 1 aromatic carbocycles. The first-order chi connectivity index (χ1) is 5.84. The van der Waals surface area contributed by atoms with Gasteiger partial charge in [0.15, 0.2) is 0 Å². The van der Waals surface area contributed by atoms with Crippen LogP contribution >= 0.6 is 0 Å². The van der Waals surface area contributed by atoms with Crippen LogP contribution in [0.15, 0.2) is 24.3 Å². The Hall–Kier alpha value is -0.860.